The number of carbonyl (C=O) groups is 1. The molecule has 0 aliphatic heterocycles. The van der Waals surface area contributed by atoms with Gasteiger partial charge in [-0.15, -0.1) is 23.8 Å². The van der Waals surface area contributed by atoms with E-state index in [0.717, 1.165) is 22.2 Å². The Balaban J connectivity index is 0.000000327. The Bertz CT molecular complexity index is 1120. The van der Waals surface area contributed by atoms with Gasteiger partial charge in [-0.2, -0.15) is 0 Å². The Morgan fingerprint density at radius 3 is 2.48 bits per heavy atom. The number of aliphatic hydroxyl groups is 1. The molecular formula is C24H23FIrNO2-. The topological polar surface area (TPSA) is 50.2 Å². The van der Waals surface area contributed by atoms with Crippen LogP contribution in [0, 0.1) is 18.8 Å². The van der Waals surface area contributed by atoms with Crippen LogP contribution < -0.4 is 0 Å². The summed E-state index contributed by atoms with van der Waals surface area (Å²) in [6.07, 6.45) is 2.97. The van der Waals surface area contributed by atoms with Crippen molar-refractivity contribution in [3.63, 3.8) is 0 Å². The zero-order chi connectivity index (χ0) is 20.6. The van der Waals surface area contributed by atoms with Crippen LogP contribution in [0.2, 0.25) is 0 Å². The van der Waals surface area contributed by atoms with Crippen molar-refractivity contribution in [3.05, 3.63) is 76.9 Å². The van der Waals surface area contributed by atoms with E-state index >= 15 is 0 Å². The van der Waals surface area contributed by atoms with Crippen molar-refractivity contribution in [1.29, 1.82) is 0 Å². The van der Waals surface area contributed by atoms with Crippen LogP contribution in [0.25, 0.3) is 22.0 Å². The van der Waals surface area contributed by atoms with E-state index in [1.54, 1.807) is 12.3 Å². The molecule has 0 amide bonds. The maximum atomic E-state index is 14.5. The van der Waals surface area contributed by atoms with E-state index in [2.05, 4.69) is 44.0 Å². The third-order valence-electron chi connectivity index (χ3n) is 5.04. The number of hydrogen-bond donors (Lipinski definition) is 1. The molecule has 0 saturated carbocycles. The standard InChI is InChI=1S/C19H15FN.C5H8O2.Ir/c1-11-7-8-14-16-12(11)9-10-21-18(16)13-5-4-6-15(20)17(13)19(14,2)3;1-4(6)3-5(2)7;/h4,6-10H,1-3H3;3,6H,1-2H3;/q-1;;. The van der Waals surface area contributed by atoms with Crippen LogP contribution in [0.1, 0.15) is 44.4 Å². The molecule has 1 heterocycles. The third kappa shape index (κ3) is 4.17. The number of benzene rings is 2. The first-order chi connectivity index (χ1) is 13.1. The number of pyridine rings is 1. The number of aliphatic hydroxyl groups excluding tert-OH is 1. The van der Waals surface area contributed by atoms with Gasteiger partial charge in [0, 0.05) is 38.2 Å². The molecule has 0 spiro atoms. The summed E-state index contributed by atoms with van der Waals surface area (Å²) in [5.41, 5.74) is 4.30. The molecule has 1 aromatic heterocycles. The van der Waals surface area contributed by atoms with Crippen LogP contribution in [-0.2, 0) is 30.3 Å². The average Bonchev–Trinajstić information content (AvgIpc) is 2.59. The number of hydrogen-bond acceptors (Lipinski definition) is 3. The zero-order valence-electron chi connectivity index (χ0n) is 17.1. The molecule has 0 atom stereocenters. The second-order valence-corrected chi connectivity index (χ2v) is 7.61. The van der Waals surface area contributed by atoms with Gasteiger partial charge >= 0.3 is 0 Å². The maximum Gasteiger partial charge on any atom is 0.155 e. The second kappa shape index (κ2) is 8.56. The predicted molar refractivity (Wildman–Crippen MR) is 110 cm³/mol. The molecule has 3 aromatic rings. The summed E-state index contributed by atoms with van der Waals surface area (Å²) in [4.78, 5) is 14.5. The summed E-state index contributed by atoms with van der Waals surface area (Å²) < 4.78 is 14.5. The van der Waals surface area contributed by atoms with Crippen molar-refractivity contribution in [1.82, 2.24) is 4.98 Å². The van der Waals surface area contributed by atoms with Gasteiger partial charge in [0.15, 0.2) is 5.78 Å². The van der Waals surface area contributed by atoms with Gasteiger partial charge < -0.3 is 10.1 Å². The van der Waals surface area contributed by atoms with Gasteiger partial charge in [-0.05, 0) is 59.8 Å². The normalized spacial score (nSPS) is 13.7. The number of aromatic nitrogens is 1. The largest absolute Gasteiger partial charge is 0.512 e. The number of rotatable bonds is 1. The molecular weight excluding hydrogens is 545 g/mol. The SMILES string of the molecule is CC(=O)C=C(C)O.Cc1ccc2c3c(nccc13)-c1[c-]ccc(F)c1C2(C)C.[Ir]. The summed E-state index contributed by atoms with van der Waals surface area (Å²) in [6.45, 7) is 9.09. The first-order valence-electron chi connectivity index (χ1n) is 9.12. The fraction of sp³-hybridized carbons (Fsp3) is 0.250. The van der Waals surface area contributed by atoms with Crippen LogP contribution in [0.5, 0.6) is 0 Å². The van der Waals surface area contributed by atoms with Crippen LogP contribution in [-0.4, -0.2) is 15.9 Å². The van der Waals surface area contributed by atoms with E-state index in [0.29, 0.717) is 5.56 Å². The summed E-state index contributed by atoms with van der Waals surface area (Å²) in [7, 11) is 0. The fourth-order valence-electron chi connectivity index (χ4n) is 3.85. The van der Waals surface area contributed by atoms with Crippen LogP contribution in [0.3, 0.4) is 0 Å². The first-order valence-corrected chi connectivity index (χ1v) is 9.12. The molecule has 3 nitrogen and oxygen atoms in total. The Hall–Kier alpha value is -2.36. The number of nitrogens with zero attached hydrogens (tertiary/aromatic N) is 1. The van der Waals surface area contributed by atoms with Gasteiger partial charge in [-0.1, -0.05) is 31.5 Å². The number of aryl methyl sites for hydroxylation is 1. The Morgan fingerprint density at radius 2 is 1.90 bits per heavy atom. The average molecular weight is 569 g/mol. The molecule has 0 unspecified atom stereocenters. The smallest absolute Gasteiger partial charge is 0.155 e. The van der Waals surface area contributed by atoms with E-state index in [4.69, 9.17) is 5.11 Å². The van der Waals surface area contributed by atoms with E-state index in [1.807, 2.05) is 6.07 Å². The molecule has 0 saturated heterocycles. The quantitative estimate of drug-likeness (QED) is 0.229. The van der Waals surface area contributed by atoms with Crippen LogP contribution in [0.15, 0.2) is 48.4 Å². The zero-order valence-corrected chi connectivity index (χ0v) is 19.5. The number of carbonyl (C=O) groups excluding carboxylic acids is 1. The van der Waals surface area contributed by atoms with Gasteiger partial charge in [0.1, 0.15) is 0 Å². The van der Waals surface area contributed by atoms with Gasteiger partial charge in [0.25, 0.3) is 0 Å². The minimum absolute atomic E-state index is 0. The molecule has 2 aromatic carbocycles. The summed E-state index contributed by atoms with van der Waals surface area (Å²) in [5, 5.41) is 10.7. The van der Waals surface area contributed by atoms with Gasteiger partial charge in [0.2, 0.25) is 0 Å². The molecule has 29 heavy (non-hydrogen) atoms. The number of halogens is 1. The van der Waals surface area contributed by atoms with Gasteiger partial charge in [-0.3, -0.25) is 4.79 Å². The fourth-order valence-corrected chi connectivity index (χ4v) is 3.85. The third-order valence-corrected chi connectivity index (χ3v) is 5.04. The van der Waals surface area contributed by atoms with Crippen LogP contribution in [0.4, 0.5) is 4.39 Å². The number of fused-ring (bicyclic) bond motifs is 2. The molecule has 0 bridgehead atoms. The molecule has 4 rings (SSSR count). The van der Waals surface area contributed by atoms with Crippen molar-refractivity contribution in [2.75, 3.05) is 0 Å². The van der Waals surface area contributed by atoms with E-state index < -0.39 is 0 Å². The summed E-state index contributed by atoms with van der Waals surface area (Å²) in [5.74, 6) is -0.244. The predicted octanol–water partition coefficient (Wildman–Crippen LogP) is 5.82. The van der Waals surface area contributed by atoms with Crippen molar-refractivity contribution in [3.8, 4) is 11.3 Å². The summed E-state index contributed by atoms with van der Waals surface area (Å²) >= 11 is 0. The Labute approximate surface area is 184 Å². The maximum absolute atomic E-state index is 14.5. The second-order valence-electron chi connectivity index (χ2n) is 7.61. The number of ketones is 1. The van der Waals surface area contributed by atoms with Crippen molar-refractivity contribution in [2.24, 2.45) is 0 Å². The monoisotopic (exact) mass is 569 g/mol. The Morgan fingerprint density at radius 1 is 1.21 bits per heavy atom. The van der Waals surface area contributed by atoms with Crippen molar-refractivity contribution < 1.29 is 34.4 Å². The number of allylic oxidation sites excluding steroid dienone is 2. The minimum atomic E-state index is -0.390. The van der Waals surface area contributed by atoms with Gasteiger partial charge in [-0.25, -0.2) is 4.39 Å². The summed E-state index contributed by atoms with van der Waals surface area (Å²) in [6, 6.07) is 12.6. The molecule has 0 fully saturated rings. The van der Waals surface area contributed by atoms with E-state index in [9.17, 15) is 9.18 Å². The van der Waals surface area contributed by atoms with Crippen molar-refractivity contribution >= 4 is 16.6 Å². The Kier molecular flexibility index (Phi) is 6.77. The molecule has 1 radical (unpaired) electrons. The molecule has 1 aliphatic carbocycles. The first kappa shape index (κ1) is 22.9. The molecule has 1 N–H and O–H groups in total. The van der Waals surface area contributed by atoms with Crippen molar-refractivity contribution in [2.45, 2.75) is 40.0 Å². The van der Waals surface area contributed by atoms with Crippen LogP contribution >= 0.6 is 0 Å². The van der Waals surface area contributed by atoms with E-state index in [-0.39, 0.29) is 42.9 Å². The molecule has 1 aliphatic rings. The molecule has 153 valence electrons. The van der Waals surface area contributed by atoms with Gasteiger partial charge in [0.05, 0.1) is 5.76 Å². The minimum Gasteiger partial charge on any atom is -0.512 e. The molecule has 5 heteroatoms. The van der Waals surface area contributed by atoms with E-state index in [1.165, 1.54) is 36.9 Å².